The predicted molar refractivity (Wildman–Crippen MR) is 98.4 cm³/mol. The van der Waals surface area contributed by atoms with Crippen LogP contribution in [0.2, 0.25) is 5.02 Å². The van der Waals surface area contributed by atoms with E-state index in [1.807, 2.05) is 25.1 Å². The number of H-pyrrole nitrogens is 1. The van der Waals surface area contributed by atoms with E-state index in [1.54, 1.807) is 35.2 Å². The Balaban J connectivity index is 1.88. The Bertz CT molecular complexity index is 951. The Hall–Kier alpha value is -2.66. The van der Waals surface area contributed by atoms with Crippen LogP contribution in [0.15, 0.2) is 53.3 Å². The normalized spacial score (nSPS) is 10.8. The molecule has 0 aliphatic rings. The molecule has 0 aliphatic heterocycles. The van der Waals surface area contributed by atoms with Crippen molar-refractivity contribution >= 4 is 28.4 Å². The molecule has 128 valence electrons. The second-order valence-corrected chi connectivity index (χ2v) is 6.20. The first kappa shape index (κ1) is 17.2. The van der Waals surface area contributed by atoms with Crippen molar-refractivity contribution in [3.8, 4) is 0 Å². The van der Waals surface area contributed by atoms with E-state index in [9.17, 15) is 9.59 Å². The molecule has 0 radical (unpaired) electrons. The highest BCUT2D eigenvalue weighted by Crippen LogP contribution is 2.14. The van der Waals surface area contributed by atoms with Crippen molar-refractivity contribution < 1.29 is 4.79 Å². The van der Waals surface area contributed by atoms with Gasteiger partial charge < -0.3 is 9.88 Å². The van der Waals surface area contributed by atoms with Crippen molar-refractivity contribution in [1.29, 1.82) is 0 Å². The van der Waals surface area contributed by atoms with E-state index in [1.165, 1.54) is 0 Å². The molecule has 0 bridgehead atoms. The van der Waals surface area contributed by atoms with Crippen molar-refractivity contribution in [3.63, 3.8) is 0 Å². The van der Waals surface area contributed by atoms with Gasteiger partial charge in [-0.05, 0) is 29.8 Å². The lowest BCUT2D eigenvalue weighted by atomic mass is 10.2. The Morgan fingerprint density at radius 2 is 1.84 bits per heavy atom. The maximum Gasteiger partial charge on any atom is 0.258 e. The summed E-state index contributed by atoms with van der Waals surface area (Å²) >= 11 is 5.91. The summed E-state index contributed by atoms with van der Waals surface area (Å²) in [7, 11) is 0. The standard InChI is InChI=1S/C19H18ClN3O2/c1-2-18(24)23(11-13-7-9-14(20)10-8-13)12-17-21-16-6-4-3-5-15(16)19(25)22-17/h3-10H,2,11-12H2,1H3,(H,21,22,25). The van der Waals surface area contributed by atoms with Crippen LogP contribution in [0, 0.1) is 0 Å². The third-order valence-electron chi connectivity index (χ3n) is 3.94. The summed E-state index contributed by atoms with van der Waals surface area (Å²) in [4.78, 5) is 33.4. The van der Waals surface area contributed by atoms with Crippen LogP contribution in [-0.4, -0.2) is 20.8 Å². The number of para-hydroxylation sites is 1. The average Bonchev–Trinajstić information content (AvgIpc) is 2.62. The number of hydrogen-bond acceptors (Lipinski definition) is 3. The molecule has 1 aromatic heterocycles. The van der Waals surface area contributed by atoms with E-state index in [0.29, 0.717) is 34.7 Å². The fraction of sp³-hybridized carbons (Fsp3) is 0.211. The zero-order chi connectivity index (χ0) is 17.8. The van der Waals surface area contributed by atoms with E-state index in [2.05, 4.69) is 9.97 Å². The zero-order valence-electron chi connectivity index (χ0n) is 13.8. The summed E-state index contributed by atoms with van der Waals surface area (Å²) in [6, 6.07) is 14.5. The van der Waals surface area contributed by atoms with Crippen LogP contribution in [0.25, 0.3) is 10.9 Å². The molecule has 0 saturated heterocycles. The Labute approximate surface area is 150 Å². The van der Waals surface area contributed by atoms with Gasteiger partial charge in [-0.15, -0.1) is 0 Å². The summed E-state index contributed by atoms with van der Waals surface area (Å²) < 4.78 is 0. The molecule has 25 heavy (non-hydrogen) atoms. The lowest BCUT2D eigenvalue weighted by Gasteiger charge is -2.22. The van der Waals surface area contributed by atoms with E-state index in [4.69, 9.17) is 11.6 Å². The number of carbonyl (C=O) groups excluding carboxylic acids is 1. The lowest BCUT2D eigenvalue weighted by Crippen LogP contribution is -2.31. The van der Waals surface area contributed by atoms with Gasteiger partial charge in [-0.25, -0.2) is 4.98 Å². The minimum absolute atomic E-state index is 0.00856. The number of fused-ring (bicyclic) bond motifs is 1. The Kier molecular flexibility index (Phi) is 5.14. The van der Waals surface area contributed by atoms with Gasteiger partial charge in [0.2, 0.25) is 5.91 Å². The number of nitrogens with one attached hydrogen (secondary N) is 1. The Morgan fingerprint density at radius 1 is 1.12 bits per heavy atom. The largest absolute Gasteiger partial charge is 0.331 e. The SMILES string of the molecule is CCC(=O)N(Cc1ccc(Cl)cc1)Cc1nc2ccccc2c(=O)[nH]1. The number of aromatic amines is 1. The van der Waals surface area contributed by atoms with E-state index < -0.39 is 0 Å². The molecule has 1 heterocycles. The number of aromatic nitrogens is 2. The van der Waals surface area contributed by atoms with Gasteiger partial charge in [-0.2, -0.15) is 0 Å². The molecule has 2 aromatic carbocycles. The molecule has 0 saturated carbocycles. The van der Waals surface area contributed by atoms with Gasteiger partial charge in [0.25, 0.3) is 5.56 Å². The number of carbonyl (C=O) groups is 1. The van der Waals surface area contributed by atoms with Gasteiger partial charge in [0.15, 0.2) is 0 Å². The summed E-state index contributed by atoms with van der Waals surface area (Å²) in [5, 5.41) is 1.19. The minimum Gasteiger partial charge on any atom is -0.331 e. The van der Waals surface area contributed by atoms with Crippen molar-refractivity contribution in [3.05, 3.63) is 75.3 Å². The fourth-order valence-corrected chi connectivity index (χ4v) is 2.78. The first-order chi connectivity index (χ1) is 12.1. The topological polar surface area (TPSA) is 66.1 Å². The number of hydrogen-bond donors (Lipinski definition) is 1. The van der Waals surface area contributed by atoms with Crippen molar-refractivity contribution in [2.24, 2.45) is 0 Å². The van der Waals surface area contributed by atoms with E-state index in [-0.39, 0.29) is 18.0 Å². The molecule has 0 fully saturated rings. The van der Waals surface area contributed by atoms with E-state index >= 15 is 0 Å². The number of halogens is 1. The quantitative estimate of drug-likeness (QED) is 0.761. The molecule has 0 spiro atoms. The molecule has 0 atom stereocenters. The molecule has 5 nitrogen and oxygen atoms in total. The van der Waals surface area contributed by atoms with Crippen LogP contribution in [0.4, 0.5) is 0 Å². The predicted octanol–water partition coefficient (Wildman–Crippen LogP) is 3.52. The second-order valence-electron chi connectivity index (χ2n) is 5.76. The second kappa shape index (κ2) is 7.49. The van der Waals surface area contributed by atoms with E-state index in [0.717, 1.165) is 5.56 Å². The molecule has 6 heteroatoms. The lowest BCUT2D eigenvalue weighted by molar-refractivity contribution is -0.132. The fourth-order valence-electron chi connectivity index (χ4n) is 2.66. The highest BCUT2D eigenvalue weighted by Gasteiger charge is 2.15. The van der Waals surface area contributed by atoms with Gasteiger partial charge in [0.05, 0.1) is 17.4 Å². The number of rotatable bonds is 5. The molecular weight excluding hydrogens is 338 g/mol. The highest BCUT2D eigenvalue weighted by molar-refractivity contribution is 6.30. The van der Waals surface area contributed by atoms with Gasteiger partial charge in [-0.3, -0.25) is 9.59 Å². The van der Waals surface area contributed by atoms with Crippen LogP contribution in [0.5, 0.6) is 0 Å². The maximum absolute atomic E-state index is 12.3. The summed E-state index contributed by atoms with van der Waals surface area (Å²) in [5.41, 5.74) is 1.39. The first-order valence-corrected chi connectivity index (χ1v) is 8.44. The monoisotopic (exact) mass is 355 g/mol. The van der Waals surface area contributed by atoms with Crippen molar-refractivity contribution in [2.45, 2.75) is 26.4 Å². The molecular formula is C19H18ClN3O2. The third kappa shape index (κ3) is 4.06. The summed E-state index contributed by atoms with van der Waals surface area (Å²) in [6.07, 6.45) is 0.380. The summed E-state index contributed by atoms with van der Waals surface area (Å²) in [6.45, 7) is 2.49. The molecule has 1 amide bonds. The maximum atomic E-state index is 12.3. The molecule has 1 N–H and O–H groups in total. The highest BCUT2D eigenvalue weighted by atomic mass is 35.5. The Morgan fingerprint density at radius 3 is 2.56 bits per heavy atom. The van der Waals surface area contributed by atoms with Gasteiger partial charge in [0.1, 0.15) is 5.82 Å². The van der Waals surface area contributed by atoms with Crippen LogP contribution in [-0.2, 0) is 17.9 Å². The zero-order valence-corrected chi connectivity index (χ0v) is 14.6. The van der Waals surface area contributed by atoms with Crippen LogP contribution >= 0.6 is 11.6 Å². The van der Waals surface area contributed by atoms with Gasteiger partial charge in [0, 0.05) is 18.0 Å². The molecule has 0 aliphatic carbocycles. The molecule has 3 aromatic rings. The minimum atomic E-state index is -0.198. The van der Waals surface area contributed by atoms with Gasteiger partial charge in [-0.1, -0.05) is 42.8 Å². The number of nitrogens with zero attached hydrogens (tertiary/aromatic N) is 2. The van der Waals surface area contributed by atoms with Crippen LogP contribution < -0.4 is 5.56 Å². The van der Waals surface area contributed by atoms with Crippen molar-refractivity contribution in [1.82, 2.24) is 14.9 Å². The average molecular weight is 356 g/mol. The third-order valence-corrected chi connectivity index (χ3v) is 4.20. The van der Waals surface area contributed by atoms with Gasteiger partial charge >= 0.3 is 0 Å². The summed E-state index contributed by atoms with van der Waals surface area (Å²) in [5.74, 6) is 0.463. The van der Waals surface area contributed by atoms with Crippen molar-refractivity contribution in [2.75, 3.05) is 0 Å². The first-order valence-electron chi connectivity index (χ1n) is 8.07. The molecule has 0 unspecified atom stereocenters. The molecule has 3 rings (SSSR count). The number of benzene rings is 2. The van der Waals surface area contributed by atoms with Crippen LogP contribution in [0.3, 0.4) is 0 Å². The smallest absolute Gasteiger partial charge is 0.258 e. The number of amides is 1. The van der Waals surface area contributed by atoms with Crippen LogP contribution in [0.1, 0.15) is 24.7 Å².